The maximum Gasteiger partial charge on any atom is 0.350 e. The number of hydrogen-bond acceptors (Lipinski definition) is 5. The van der Waals surface area contributed by atoms with Crippen molar-refractivity contribution in [2.75, 3.05) is 11.9 Å². The maximum atomic E-state index is 12.2. The van der Waals surface area contributed by atoms with Gasteiger partial charge < -0.3 is 10.1 Å². The molecule has 0 saturated heterocycles. The molecule has 128 valence electrons. The summed E-state index contributed by atoms with van der Waals surface area (Å²) in [5, 5.41) is 4.47. The van der Waals surface area contributed by atoms with E-state index in [0.29, 0.717) is 21.2 Å². The molecule has 2 aromatic heterocycles. The minimum absolute atomic E-state index is 0.219. The molecule has 1 N–H and O–H groups in total. The highest BCUT2D eigenvalue weighted by molar-refractivity contribution is 7.21. The Hall–Kier alpha value is -1.86. The van der Waals surface area contributed by atoms with Crippen LogP contribution >= 0.6 is 46.1 Å². The third kappa shape index (κ3) is 4.22. The lowest BCUT2D eigenvalue weighted by Crippen LogP contribution is -2.21. The van der Waals surface area contributed by atoms with Crippen LogP contribution in [-0.2, 0) is 9.53 Å². The molecule has 2 heterocycles. The lowest BCUT2D eigenvalue weighted by atomic mass is 10.2. The first kappa shape index (κ1) is 17.9. The fourth-order valence-corrected chi connectivity index (χ4v) is 3.79. The fourth-order valence-electron chi connectivity index (χ4n) is 2.00. The Labute approximate surface area is 161 Å². The number of thiophene rings is 1. The van der Waals surface area contributed by atoms with Gasteiger partial charge in [0.05, 0.1) is 10.0 Å². The Kier molecular flexibility index (Phi) is 5.44. The monoisotopic (exact) mass is 414 g/mol. The molecule has 25 heavy (non-hydrogen) atoms. The van der Waals surface area contributed by atoms with Crippen LogP contribution in [0.4, 0.5) is 5.82 Å². The second-order valence-corrected chi connectivity index (χ2v) is 7.17. The number of ether oxygens (including phenoxy) is 1. The van der Waals surface area contributed by atoms with Crippen molar-refractivity contribution in [1.29, 1.82) is 0 Å². The third-order valence-corrected chi connectivity index (χ3v) is 5.20. The van der Waals surface area contributed by atoms with Gasteiger partial charge in [0.25, 0.3) is 5.91 Å². The van der Waals surface area contributed by atoms with E-state index in [4.69, 9.17) is 39.5 Å². The summed E-state index contributed by atoms with van der Waals surface area (Å²) in [5.41, 5.74) is 0. The van der Waals surface area contributed by atoms with Gasteiger partial charge in [0.15, 0.2) is 6.61 Å². The number of pyridine rings is 1. The van der Waals surface area contributed by atoms with E-state index in [-0.39, 0.29) is 9.90 Å². The van der Waals surface area contributed by atoms with Crippen molar-refractivity contribution < 1.29 is 14.3 Å². The molecule has 0 spiro atoms. The van der Waals surface area contributed by atoms with Gasteiger partial charge in [-0.25, -0.2) is 9.78 Å². The molecule has 0 fully saturated rings. The highest BCUT2D eigenvalue weighted by atomic mass is 35.5. The number of amides is 1. The number of carbonyl (C=O) groups is 2. The van der Waals surface area contributed by atoms with Crippen molar-refractivity contribution >= 4 is 73.9 Å². The van der Waals surface area contributed by atoms with Gasteiger partial charge in [-0.05, 0) is 24.3 Å². The number of aromatic nitrogens is 1. The molecule has 0 aliphatic rings. The topological polar surface area (TPSA) is 68.3 Å². The zero-order valence-corrected chi connectivity index (χ0v) is 15.5. The SMILES string of the molecule is O=C(COC(=O)c1sc2cc(Cl)ccc2c1Cl)Nc1ccc(Cl)cn1. The molecule has 1 amide bonds. The van der Waals surface area contributed by atoms with Crippen LogP contribution in [0.25, 0.3) is 10.1 Å². The summed E-state index contributed by atoms with van der Waals surface area (Å²) in [6.45, 7) is -0.464. The van der Waals surface area contributed by atoms with Crippen molar-refractivity contribution in [3.05, 3.63) is 56.5 Å². The Morgan fingerprint density at radius 1 is 1.12 bits per heavy atom. The lowest BCUT2D eigenvalue weighted by molar-refractivity contribution is -0.119. The van der Waals surface area contributed by atoms with Crippen LogP contribution in [0.2, 0.25) is 15.1 Å². The second-order valence-electron chi connectivity index (χ2n) is 4.87. The van der Waals surface area contributed by atoms with Crippen molar-refractivity contribution in [2.45, 2.75) is 0 Å². The number of carbonyl (C=O) groups excluding carboxylic acids is 2. The Morgan fingerprint density at radius 2 is 1.88 bits per heavy atom. The van der Waals surface area contributed by atoms with E-state index in [9.17, 15) is 9.59 Å². The van der Waals surface area contributed by atoms with Crippen LogP contribution in [0.15, 0.2) is 36.5 Å². The zero-order valence-electron chi connectivity index (χ0n) is 12.4. The predicted molar refractivity (Wildman–Crippen MR) is 100 cm³/mol. The van der Waals surface area contributed by atoms with Crippen LogP contribution in [0.5, 0.6) is 0 Å². The smallest absolute Gasteiger partial charge is 0.350 e. The number of esters is 1. The highest BCUT2D eigenvalue weighted by Gasteiger charge is 2.19. The molecule has 9 heteroatoms. The van der Waals surface area contributed by atoms with E-state index in [1.54, 1.807) is 24.3 Å². The molecule has 0 bridgehead atoms. The van der Waals surface area contributed by atoms with Gasteiger partial charge in [-0.1, -0.05) is 40.9 Å². The van der Waals surface area contributed by atoms with Crippen LogP contribution in [0.1, 0.15) is 9.67 Å². The molecule has 3 aromatic rings. The molecule has 0 unspecified atom stereocenters. The molecule has 0 atom stereocenters. The largest absolute Gasteiger partial charge is 0.451 e. The van der Waals surface area contributed by atoms with Gasteiger partial charge in [0.1, 0.15) is 10.7 Å². The molecule has 0 saturated carbocycles. The van der Waals surface area contributed by atoms with Gasteiger partial charge in [-0.15, -0.1) is 11.3 Å². The zero-order chi connectivity index (χ0) is 18.0. The van der Waals surface area contributed by atoms with E-state index in [1.807, 2.05) is 0 Å². The first-order valence-electron chi connectivity index (χ1n) is 6.90. The summed E-state index contributed by atoms with van der Waals surface area (Å²) in [4.78, 5) is 28.1. The molecular weight excluding hydrogens is 407 g/mol. The van der Waals surface area contributed by atoms with E-state index < -0.39 is 18.5 Å². The minimum atomic E-state index is -0.679. The molecular formula is C16H9Cl3N2O3S. The average molecular weight is 416 g/mol. The molecule has 0 aliphatic carbocycles. The minimum Gasteiger partial charge on any atom is -0.451 e. The van der Waals surface area contributed by atoms with Crippen molar-refractivity contribution in [1.82, 2.24) is 4.98 Å². The van der Waals surface area contributed by atoms with Crippen LogP contribution in [-0.4, -0.2) is 23.5 Å². The molecule has 5 nitrogen and oxygen atoms in total. The summed E-state index contributed by atoms with van der Waals surface area (Å²) in [7, 11) is 0. The summed E-state index contributed by atoms with van der Waals surface area (Å²) in [5.74, 6) is -0.898. The number of nitrogens with zero attached hydrogens (tertiary/aromatic N) is 1. The maximum absolute atomic E-state index is 12.2. The number of fused-ring (bicyclic) bond motifs is 1. The molecule has 0 aliphatic heterocycles. The Morgan fingerprint density at radius 3 is 2.60 bits per heavy atom. The van der Waals surface area contributed by atoms with Gasteiger partial charge in [0.2, 0.25) is 0 Å². The summed E-state index contributed by atoms with van der Waals surface area (Å²) < 4.78 is 5.78. The van der Waals surface area contributed by atoms with E-state index in [1.165, 1.54) is 12.3 Å². The average Bonchev–Trinajstić information content (AvgIpc) is 2.91. The third-order valence-electron chi connectivity index (χ3n) is 3.11. The molecule has 3 rings (SSSR count). The number of benzene rings is 1. The van der Waals surface area contributed by atoms with Crippen molar-refractivity contribution in [3.63, 3.8) is 0 Å². The first-order valence-corrected chi connectivity index (χ1v) is 8.85. The number of rotatable bonds is 4. The van der Waals surface area contributed by atoms with Crippen LogP contribution in [0, 0.1) is 0 Å². The number of nitrogens with one attached hydrogen (secondary N) is 1. The number of halogens is 3. The Balaban J connectivity index is 1.65. The standard InChI is InChI=1S/C16H9Cl3N2O3S/c17-8-1-3-10-11(5-8)25-15(14(10)19)16(23)24-7-13(22)21-12-4-2-9(18)6-20-12/h1-6H,7H2,(H,20,21,22). The lowest BCUT2D eigenvalue weighted by Gasteiger charge is -2.05. The summed E-state index contributed by atoms with van der Waals surface area (Å²) in [6.07, 6.45) is 1.39. The van der Waals surface area contributed by atoms with Crippen molar-refractivity contribution in [2.24, 2.45) is 0 Å². The Bertz CT molecular complexity index is 957. The van der Waals surface area contributed by atoms with Gasteiger partial charge in [0, 0.05) is 21.3 Å². The fraction of sp³-hybridized carbons (Fsp3) is 0.0625. The predicted octanol–water partition coefficient (Wildman–Crippen LogP) is 5.05. The van der Waals surface area contributed by atoms with Gasteiger partial charge >= 0.3 is 5.97 Å². The van der Waals surface area contributed by atoms with Gasteiger partial charge in [-0.2, -0.15) is 0 Å². The first-order chi connectivity index (χ1) is 11.9. The van der Waals surface area contributed by atoms with E-state index in [0.717, 1.165) is 16.0 Å². The molecule has 0 radical (unpaired) electrons. The normalized spacial score (nSPS) is 10.7. The number of anilines is 1. The quantitative estimate of drug-likeness (QED) is 0.605. The summed E-state index contributed by atoms with van der Waals surface area (Å²) >= 11 is 19.0. The second kappa shape index (κ2) is 7.58. The van der Waals surface area contributed by atoms with E-state index >= 15 is 0 Å². The van der Waals surface area contributed by atoms with Gasteiger partial charge in [-0.3, -0.25) is 4.79 Å². The van der Waals surface area contributed by atoms with Crippen LogP contribution < -0.4 is 5.32 Å². The summed E-state index contributed by atoms with van der Waals surface area (Å²) in [6, 6.07) is 8.24. The number of hydrogen-bond donors (Lipinski definition) is 1. The van der Waals surface area contributed by atoms with Crippen molar-refractivity contribution in [3.8, 4) is 0 Å². The molecule has 1 aromatic carbocycles. The van der Waals surface area contributed by atoms with Crippen LogP contribution in [0.3, 0.4) is 0 Å². The van der Waals surface area contributed by atoms with E-state index in [2.05, 4.69) is 10.3 Å². The highest BCUT2D eigenvalue weighted by Crippen LogP contribution is 2.37.